The molecule has 0 radical (unpaired) electrons. The summed E-state index contributed by atoms with van der Waals surface area (Å²) in [5.41, 5.74) is 0. The SMILES string of the molecule is O=C(O)CCCS(=O)(=O)N1CCCCCCC1. The van der Waals surface area contributed by atoms with Gasteiger partial charge in [0, 0.05) is 19.5 Å². The Balaban J connectivity index is 2.45. The quantitative estimate of drug-likeness (QED) is 0.814. The molecule has 0 atom stereocenters. The van der Waals surface area contributed by atoms with Crippen molar-refractivity contribution < 1.29 is 18.3 Å². The Morgan fingerprint density at radius 3 is 2.12 bits per heavy atom. The molecule has 0 aromatic rings. The van der Waals surface area contributed by atoms with E-state index in [1.54, 1.807) is 0 Å². The van der Waals surface area contributed by atoms with Gasteiger partial charge in [-0.2, -0.15) is 0 Å². The van der Waals surface area contributed by atoms with Crippen LogP contribution in [0.3, 0.4) is 0 Å². The first-order chi connectivity index (χ1) is 8.02. The number of nitrogens with zero attached hydrogens (tertiary/aromatic N) is 1. The van der Waals surface area contributed by atoms with E-state index in [0.717, 1.165) is 25.7 Å². The highest BCUT2D eigenvalue weighted by molar-refractivity contribution is 7.89. The van der Waals surface area contributed by atoms with Crippen molar-refractivity contribution in [3.63, 3.8) is 0 Å². The molecule has 0 aromatic heterocycles. The lowest BCUT2D eigenvalue weighted by Crippen LogP contribution is -2.35. The van der Waals surface area contributed by atoms with Gasteiger partial charge < -0.3 is 5.11 Å². The van der Waals surface area contributed by atoms with Crippen molar-refractivity contribution in [1.29, 1.82) is 0 Å². The standard InChI is InChI=1S/C11H21NO4S/c13-11(14)7-6-10-17(15,16)12-8-4-2-1-3-5-9-12/h1-10H2,(H,13,14). The Morgan fingerprint density at radius 1 is 1.06 bits per heavy atom. The fourth-order valence-corrected chi connectivity index (χ4v) is 3.61. The Hall–Kier alpha value is -0.620. The molecule has 1 saturated heterocycles. The van der Waals surface area contributed by atoms with Crippen LogP contribution in [0.1, 0.15) is 44.9 Å². The molecular weight excluding hydrogens is 242 g/mol. The predicted molar refractivity (Wildman–Crippen MR) is 65.3 cm³/mol. The maximum absolute atomic E-state index is 12.0. The molecule has 17 heavy (non-hydrogen) atoms. The van der Waals surface area contributed by atoms with Gasteiger partial charge in [0.25, 0.3) is 0 Å². The average molecular weight is 263 g/mol. The topological polar surface area (TPSA) is 74.7 Å². The van der Waals surface area contributed by atoms with Gasteiger partial charge in [-0.25, -0.2) is 12.7 Å². The second-order valence-electron chi connectivity index (χ2n) is 4.48. The number of carbonyl (C=O) groups is 1. The summed E-state index contributed by atoms with van der Waals surface area (Å²) < 4.78 is 25.5. The van der Waals surface area contributed by atoms with Crippen LogP contribution in [0.2, 0.25) is 0 Å². The highest BCUT2D eigenvalue weighted by Gasteiger charge is 2.22. The first kappa shape index (κ1) is 14.4. The van der Waals surface area contributed by atoms with Crippen molar-refractivity contribution in [3.05, 3.63) is 0 Å². The van der Waals surface area contributed by atoms with Gasteiger partial charge in [-0.15, -0.1) is 0 Å². The molecule has 6 heteroatoms. The third-order valence-corrected chi connectivity index (χ3v) is 4.96. The summed E-state index contributed by atoms with van der Waals surface area (Å²) in [6.07, 6.45) is 5.31. The molecule has 0 saturated carbocycles. The van der Waals surface area contributed by atoms with Gasteiger partial charge in [0.2, 0.25) is 10.0 Å². The van der Waals surface area contributed by atoms with E-state index in [0.29, 0.717) is 13.1 Å². The van der Waals surface area contributed by atoms with E-state index in [-0.39, 0.29) is 18.6 Å². The van der Waals surface area contributed by atoms with Crippen LogP contribution in [-0.2, 0) is 14.8 Å². The van der Waals surface area contributed by atoms with Crippen molar-refractivity contribution in [2.75, 3.05) is 18.8 Å². The number of carboxylic acid groups (broad SMARTS) is 1. The number of hydrogen-bond donors (Lipinski definition) is 1. The van der Waals surface area contributed by atoms with Crippen LogP contribution in [0.5, 0.6) is 0 Å². The lowest BCUT2D eigenvalue weighted by molar-refractivity contribution is -0.137. The first-order valence-corrected chi connectivity index (χ1v) is 7.83. The number of sulfonamides is 1. The van der Waals surface area contributed by atoms with E-state index in [1.165, 1.54) is 10.7 Å². The minimum Gasteiger partial charge on any atom is -0.481 e. The van der Waals surface area contributed by atoms with Crippen LogP contribution in [0, 0.1) is 0 Å². The second-order valence-corrected chi connectivity index (χ2v) is 6.57. The van der Waals surface area contributed by atoms with E-state index >= 15 is 0 Å². The average Bonchev–Trinajstić information content (AvgIpc) is 2.14. The van der Waals surface area contributed by atoms with Gasteiger partial charge >= 0.3 is 5.97 Å². The van der Waals surface area contributed by atoms with Crippen LogP contribution in [0.15, 0.2) is 0 Å². The monoisotopic (exact) mass is 263 g/mol. The normalized spacial score (nSPS) is 19.5. The molecule has 5 nitrogen and oxygen atoms in total. The second kappa shape index (κ2) is 6.96. The fourth-order valence-electron chi connectivity index (χ4n) is 2.03. The minimum atomic E-state index is -3.25. The van der Waals surface area contributed by atoms with Crippen molar-refractivity contribution in [2.45, 2.75) is 44.9 Å². The molecule has 0 aliphatic carbocycles. The number of hydrogen-bond acceptors (Lipinski definition) is 3. The van der Waals surface area contributed by atoms with Crippen LogP contribution >= 0.6 is 0 Å². The lowest BCUT2D eigenvalue weighted by atomic mass is 10.1. The van der Waals surface area contributed by atoms with Crippen molar-refractivity contribution in [2.24, 2.45) is 0 Å². The van der Waals surface area contributed by atoms with Gasteiger partial charge in [-0.3, -0.25) is 4.79 Å². The lowest BCUT2D eigenvalue weighted by Gasteiger charge is -2.23. The molecule has 0 amide bonds. The van der Waals surface area contributed by atoms with Crippen LogP contribution in [0.4, 0.5) is 0 Å². The van der Waals surface area contributed by atoms with E-state index < -0.39 is 16.0 Å². The van der Waals surface area contributed by atoms with E-state index in [2.05, 4.69) is 0 Å². The molecule has 1 rings (SSSR count). The fraction of sp³-hybridized carbons (Fsp3) is 0.909. The Labute approximate surface area is 103 Å². The molecule has 1 heterocycles. The maximum Gasteiger partial charge on any atom is 0.303 e. The zero-order chi connectivity index (χ0) is 12.7. The van der Waals surface area contributed by atoms with Crippen molar-refractivity contribution in [3.8, 4) is 0 Å². The Morgan fingerprint density at radius 2 is 1.59 bits per heavy atom. The van der Waals surface area contributed by atoms with Crippen LogP contribution in [0.25, 0.3) is 0 Å². The summed E-state index contributed by atoms with van der Waals surface area (Å²) in [5.74, 6) is -0.980. The molecule has 100 valence electrons. The van der Waals surface area contributed by atoms with Gasteiger partial charge in [0.15, 0.2) is 0 Å². The van der Waals surface area contributed by atoms with Crippen LogP contribution in [-0.4, -0.2) is 42.6 Å². The molecule has 1 N–H and O–H groups in total. The summed E-state index contributed by atoms with van der Waals surface area (Å²) in [6.45, 7) is 1.19. The summed E-state index contributed by atoms with van der Waals surface area (Å²) in [6, 6.07) is 0. The summed E-state index contributed by atoms with van der Waals surface area (Å²) in [4.78, 5) is 10.4. The zero-order valence-corrected chi connectivity index (χ0v) is 10.9. The largest absolute Gasteiger partial charge is 0.481 e. The highest BCUT2D eigenvalue weighted by atomic mass is 32.2. The molecule has 1 aliphatic heterocycles. The Bertz CT molecular complexity index is 331. The summed E-state index contributed by atoms with van der Waals surface area (Å²) in [7, 11) is -3.25. The smallest absolute Gasteiger partial charge is 0.303 e. The molecule has 0 aromatic carbocycles. The maximum atomic E-state index is 12.0. The molecule has 0 bridgehead atoms. The highest BCUT2D eigenvalue weighted by Crippen LogP contribution is 2.14. The van der Waals surface area contributed by atoms with E-state index in [9.17, 15) is 13.2 Å². The zero-order valence-electron chi connectivity index (χ0n) is 10.1. The molecular formula is C11H21NO4S. The Kier molecular flexibility index (Phi) is 5.91. The van der Waals surface area contributed by atoms with Crippen molar-refractivity contribution in [1.82, 2.24) is 4.31 Å². The molecule has 0 unspecified atom stereocenters. The molecule has 0 spiro atoms. The summed E-state index contributed by atoms with van der Waals surface area (Å²) >= 11 is 0. The number of aliphatic carboxylic acids is 1. The third-order valence-electron chi connectivity index (χ3n) is 3.00. The number of carboxylic acids is 1. The van der Waals surface area contributed by atoms with E-state index in [1.807, 2.05) is 0 Å². The third kappa shape index (κ3) is 5.50. The molecule has 1 fully saturated rings. The molecule has 1 aliphatic rings. The van der Waals surface area contributed by atoms with Gasteiger partial charge in [0.05, 0.1) is 5.75 Å². The minimum absolute atomic E-state index is 0.0424. The van der Waals surface area contributed by atoms with Crippen LogP contribution < -0.4 is 0 Å². The first-order valence-electron chi connectivity index (χ1n) is 6.22. The van der Waals surface area contributed by atoms with Gasteiger partial charge in [-0.1, -0.05) is 19.3 Å². The van der Waals surface area contributed by atoms with Gasteiger partial charge in [-0.05, 0) is 19.3 Å². The van der Waals surface area contributed by atoms with E-state index in [4.69, 9.17) is 5.11 Å². The predicted octanol–water partition coefficient (Wildman–Crippen LogP) is 1.45. The van der Waals surface area contributed by atoms with Crippen molar-refractivity contribution >= 4 is 16.0 Å². The van der Waals surface area contributed by atoms with Gasteiger partial charge in [0.1, 0.15) is 0 Å². The summed E-state index contributed by atoms with van der Waals surface area (Å²) in [5, 5.41) is 8.49. The number of rotatable bonds is 5.